The summed E-state index contributed by atoms with van der Waals surface area (Å²) in [5.74, 6) is 2.14. The molecule has 3 heterocycles. The summed E-state index contributed by atoms with van der Waals surface area (Å²) in [7, 11) is 0. The Morgan fingerprint density at radius 3 is 2.42 bits per heavy atom. The maximum atomic E-state index is 13.1. The number of hydrogen-bond donors (Lipinski definition) is 3. The van der Waals surface area contributed by atoms with Gasteiger partial charge in [0.25, 0.3) is 5.91 Å². The summed E-state index contributed by atoms with van der Waals surface area (Å²) in [4.78, 5) is 34.0. The van der Waals surface area contributed by atoms with E-state index >= 15 is 0 Å². The summed E-state index contributed by atoms with van der Waals surface area (Å²) in [6.45, 7) is 0. The molecule has 0 saturated heterocycles. The van der Waals surface area contributed by atoms with Crippen LogP contribution in [0.2, 0.25) is 5.15 Å². The number of carbonyl (C=O) groups excluding carboxylic acids is 2. The Morgan fingerprint density at radius 1 is 0.947 bits per heavy atom. The fourth-order valence-electron chi connectivity index (χ4n) is 5.34. The zero-order valence-electron chi connectivity index (χ0n) is 21.5. The van der Waals surface area contributed by atoms with Gasteiger partial charge in [-0.2, -0.15) is 0 Å². The number of Topliss-reactive ketones (excluding diaryl/α,β-unsaturated/α-hetero) is 1. The average molecular weight is 536 g/mol. The van der Waals surface area contributed by atoms with Crippen molar-refractivity contribution >= 4 is 46.1 Å². The number of ketones is 1. The minimum Gasteiger partial charge on any atom is -0.379 e. The lowest BCUT2D eigenvalue weighted by Gasteiger charge is -2.29. The monoisotopic (exact) mass is 535 g/mol. The number of pyridine rings is 1. The molecule has 0 aromatic carbocycles. The molecule has 3 aliphatic carbocycles. The summed E-state index contributed by atoms with van der Waals surface area (Å²) in [6, 6.07) is 5.99. The molecular weight excluding hydrogens is 502 g/mol. The SMILES string of the molecule is O=C(CCC1CC1)CC1CCC(Nc2cc(NC3CC3)c3ncc(C(=O)Nc4ccnc(Cl)c4)n3n2)CC1. The van der Waals surface area contributed by atoms with Crippen molar-refractivity contribution in [2.45, 2.75) is 82.7 Å². The molecule has 38 heavy (non-hydrogen) atoms. The van der Waals surface area contributed by atoms with E-state index < -0.39 is 0 Å². The van der Waals surface area contributed by atoms with Crippen molar-refractivity contribution in [2.24, 2.45) is 11.8 Å². The average Bonchev–Trinajstić information content (AvgIpc) is 3.83. The van der Waals surface area contributed by atoms with Crippen LogP contribution in [0.4, 0.5) is 17.2 Å². The first-order chi connectivity index (χ1) is 18.5. The lowest BCUT2D eigenvalue weighted by atomic mass is 9.82. The van der Waals surface area contributed by atoms with Gasteiger partial charge in [0.1, 0.15) is 16.8 Å². The molecule has 0 aliphatic heterocycles. The van der Waals surface area contributed by atoms with E-state index in [9.17, 15) is 9.59 Å². The molecular formula is C28H34ClN7O2. The summed E-state index contributed by atoms with van der Waals surface area (Å²) in [5.41, 5.74) is 2.38. The number of fused-ring (bicyclic) bond motifs is 1. The molecule has 3 aliphatic rings. The molecule has 0 bridgehead atoms. The van der Waals surface area contributed by atoms with Crippen LogP contribution in [0.25, 0.3) is 5.65 Å². The first kappa shape index (κ1) is 25.1. The van der Waals surface area contributed by atoms with Gasteiger partial charge in [-0.25, -0.2) is 14.5 Å². The third-order valence-corrected chi connectivity index (χ3v) is 8.07. The molecule has 9 nitrogen and oxygen atoms in total. The van der Waals surface area contributed by atoms with Gasteiger partial charge in [0.2, 0.25) is 0 Å². The number of nitrogens with one attached hydrogen (secondary N) is 3. The zero-order chi connectivity index (χ0) is 26.1. The van der Waals surface area contributed by atoms with Crippen molar-refractivity contribution in [2.75, 3.05) is 16.0 Å². The van der Waals surface area contributed by atoms with Crippen LogP contribution in [-0.2, 0) is 4.79 Å². The summed E-state index contributed by atoms with van der Waals surface area (Å²) >= 11 is 5.97. The quantitative estimate of drug-likeness (QED) is 0.269. The van der Waals surface area contributed by atoms with E-state index in [0.29, 0.717) is 45.7 Å². The highest BCUT2D eigenvalue weighted by Crippen LogP contribution is 2.35. The van der Waals surface area contributed by atoms with Crippen LogP contribution in [0.1, 0.15) is 81.1 Å². The second-order valence-electron chi connectivity index (χ2n) is 11.1. The minimum absolute atomic E-state index is 0.284. The normalized spacial score (nSPS) is 21.3. The van der Waals surface area contributed by atoms with Gasteiger partial charge in [0, 0.05) is 42.9 Å². The van der Waals surface area contributed by atoms with Gasteiger partial charge in [0.15, 0.2) is 11.3 Å². The standard InChI is InChI=1S/C28H34ClN7O2/c29-25-14-21(11-12-30-25)34-28(38)24-16-31-27-23(32-19-8-9-19)15-26(35-36(24)27)33-20-6-3-18(4-7-20)13-22(37)10-5-17-1-2-17/h11-12,14-20,32H,1-10,13H2,(H,33,35)(H,30,34,38). The molecule has 3 aromatic heterocycles. The van der Waals surface area contributed by atoms with E-state index in [-0.39, 0.29) is 11.9 Å². The summed E-state index contributed by atoms with van der Waals surface area (Å²) in [6.07, 6.45) is 14.7. The topological polar surface area (TPSA) is 113 Å². The van der Waals surface area contributed by atoms with Crippen LogP contribution in [0.3, 0.4) is 0 Å². The Morgan fingerprint density at radius 2 is 1.68 bits per heavy atom. The number of anilines is 3. The van der Waals surface area contributed by atoms with E-state index in [1.807, 2.05) is 6.07 Å². The largest absolute Gasteiger partial charge is 0.379 e. The predicted octanol–water partition coefficient (Wildman–Crippen LogP) is 5.72. The summed E-state index contributed by atoms with van der Waals surface area (Å²) in [5, 5.41) is 15.1. The van der Waals surface area contributed by atoms with Crippen molar-refractivity contribution < 1.29 is 9.59 Å². The Balaban J connectivity index is 1.14. The lowest BCUT2D eigenvalue weighted by Crippen LogP contribution is -2.28. The van der Waals surface area contributed by atoms with Crippen LogP contribution in [0.15, 0.2) is 30.6 Å². The molecule has 3 N–H and O–H groups in total. The van der Waals surface area contributed by atoms with Gasteiger partial charge in [-0.3, -0.25) is 9.59 Å². The number of amides is 1. The van der Waals surface area contributed by atoms with Gasteiger partial charge in [-0.15, -0.1) is 5.10 Å². The van der Waals surface area contributed by atoms with Crippen LogP contribution < -0.4 is 16.0 Å². The van der Waals surface area contributed by atoms with Crippen LogP contribution in [-0.4, -0.2) is 43.4 Å². The molecule has 0 radical (unpaired) electrons. The number of nitrogens with zero attached hydrogens (tertiary/aromatic N) is 4. The number of imidazole rings is 1. The molecule has 6 rings (SSSR count). The van der Waals surface area contributed by atoms with Gasteiger partial charge in [-0.05, 0) is 68.9 Å². The highest BCUT2D eigenvalue weighted by atomic mass is 35.5. The van der Waals surface area contributed by atoms with Crippen LogP contribution in [0, 0.1) is 11.8 Å². The fourth-order valence-corrected chi connectivity index (χ4v) is 5.51. The van der Waals surface area contributed by atoms with Crippen molar-refractivity contribution in [3.05, 3.63) is 41.4 Å². The number of rotatable bonds is 11. The maximum absolute atomic E-state index is 13.1. The third kappa shape index (κ3) is 6.26. The third-order valence-electron chi connectivity index (χ3n) is 7.87. The van der Waals surface area contributed by atoms with E-state index in [1.54, 1.807) is 29.0 Å². The second-order valence-corrected chi connectivity index (χ2v) is 11.5. The van der Waals surface area contributed by atoms with E-state index in [1.165, 1.54) is 12.8 Å². The predicted molar refractivity (Wildman–Crippen MR) is 148 cm³/mol. The summed E-state index contributed by atoms with van der Waals surface area (Å²) < 4.78 is 1.61. The number of halogens is 1. The van der Waals surface area contributed by atoms with Crippen LogP contribution >= 0.6 is 11.6 Å². The van der Waals surface area contributed by atoms with Gasteiger partial charge < -0.3 is 16.0 Å². The lowest BCUT2D eigenvalue weighted by molar-refractivity contribution is -0.120. The molecule has 200 valence electrons. The Bertz CT molecular complexity index is 1330. The molecule has 0 atom stereocenters. The smallest absolute Gasteiger partial charge is 0.276 e. The van der Waals surface area contributed by atoms with E-state index in [2.05, 4.69) is 25.9 Å². The van der Waals surface area contributed by atoms with Gasteiger partial charge >= 0.3 is 0 Å². The molecule has 0 unspecified atom stereocenters. The first-order valence-electron chi connectivity index (χ1n) is 13.9. The Hall–Kier alpha value is -3.20. The zero-order valence-corrected chi connectivity index (χ0v) is 22.2. The molecule has 3 aromatic rings. The van der Waals surface area contributed by atoms with Crippen molar-refractivity contribution in [1.29, 1.82) is 0 Å². The van der Waals surface area contributed by atoms with Crippen molar-refractivity contribution in [3.63, 3.8) is 0 Å². The minimum atomic E-state index is -0.325. The Kier molecular flexibility index (Phi) is 7.19. The molecule has 3 fully saturated rings. The van der Waals surface area contributed by atoms with Gasteiger partial charge in [-0.1, -0.05) is 24.4 Å². The maximum Gasteiger partial charge on any atom is 0.276 e. The molecule has 1 amide bonds. The number of carbonyl (C=O) groups is 2. The first-order valence-corrected chi connectivity index (χ1v) is 14.2. The second kappa shape index (κ2) is 10.9. The molecule has 3 saturated carbocycles. The van der Waals surface area contributed by atoms with Crippen molar-refractivity contribution in [3.8, 4) is 0 Å². The van der Waals surface area contributed by atoms with Crippen LogP contribution in [0.5, 0.6) is 0 Å². The highest BCUT2D eigenvalue weighted by Gasteiger charge is 2.27. The molecule has 10 heteroatoms. The van der Waals surface area contributed by atoms with E-state index in [4.69, 9.17) is 16.7 Å². The number of aromatic nitrogens is 4. The fraction of sp³-hybridized carbons (Fsp3) is 0.536. The number of hydrogen-bond acceptors (Lipinski definition) is 7. The highest BCUT2D eigenvalue weighted by molar-refractivity contribution is 6.29. The molecule has 0 spiro atoms. The van der Waals surface area contributed by atoms with Crippen molar-refractivity contribution in [1.82, 2.24) is 19.6 Å². The van der Waals surface area contributed by atoms with E-state index in [0.717, 1.165) is 69.4 Å². The Labute approximate surface area is 227 Å². The van der Waals surface area contributed by atoms with Gasteiger partial charge in [0.05, 0.1) is 11.9 Å².